The van der Waals surface area contributed by atoms with E-state index in [0.29, 0.717) is 23.8 Å². The molecule has 1 saturated carbocycles. The van der Waals surface area contributed by atoms with Crippen LogP contribution in [0.2, 0.25) is 0 Å². The molecule has 4 rings (SSSR count). The molecule has 1 amide bonds. The molecule has 9 heteroatoms. The van der Waals surface area contributed by atoms with E-state index in [4.69, 9.17) is 10.7 Å². The summed E-state index contributed by atoms with van der Waals surface area (Å²) in [6, 6.07) is 6.09. The number of hydrogen-bond donors (Lipinski definition) is 4. The van der Waals surface area contributed by atoms with E-state index < -0.39 is 5.91 Å². The van der Waals surface area contributed by atoms with Crippen LogP contribution in [0.25, 0.3) is 10.2 Å². The van der Waals surface area contributed by atoms with Gasteiger partial charge in [-0.3, -0.25) is 4.79 Å². The second-order valence-corrected chi connectivity index (χ2v) is 8.97. The molecule has 164 valence electrons. The molecule has 1 aromatic carbocycles. The van der Waals surface area contributed by atoms with Gasteiger partial charge >= 0.3 is 0 Å². The number of benzene rings is 1. The zero-order valence-corrected chi connectivity index (χ0v) is 18.6. The minimum atomic E-state index is -0.621. The highest BCUT2D eigenvalue weighted by atomic mass is 32.1. The molecule has 0 unspecified atom stereocenters. The smallest absolute Gasteiger partial charge is 0.271 e. The van der Waals surface area contributed by atoms with Crippen LogP contribution >= 0.6 is 11.3 Å². The highest BCUT2D eigenvalue weighted by molar-refractivity contribution is 7.18. The van der Waals surface area contributed by atoms with Crippen LogP contribution in [0.1, 0.15) is 60.7 Å². The highest BCUT2D eigenvalue weighted by Gasteiger charge is 2.23. The van der Waals surface area contributed by atoms with Gasteiger partial charge in [-0.15, -0.1) is 11.3 Å². The Hall–Kier alpha value is -2.78. The molecule has 5 N–H and O–H groups in total. The second-order valence-electron chi connectivity index (χ2n) is 7.85. The third kappa shape index (κ3) is 4.77. The van der Waals surface area contributed by atoms with E-state index in [-0.39, 0.29) is 17.8 Å². The Balaban J connectivity index is 1.65. The predicted octanol–water partition coefficient (Wildman–Crippen LogP) is 3.77. The van der Waals surface area contributed by atoms with Gasteiger partial charge < -0.3 is 21.5 Å². The average Bonchev–Trinajstić information content (AvgIpc) is 3.18. The van der Waals surface area contributed by atoms with Crippen LogP contribution in [-0.4, -0.2) is 38.1 Å². The van der Waals surface area contributed by atoms with Crippen LogP contribution in [0.4, 0.5) is 17.3 Å². The molecule has 0 bridgehead atoms. The van der Waals surface area contributed by atoms with Crippen molar-refractivity contribution >= 4 is 44.8 Å². The number of aromatic nitrogens is 3. The van der Waals surface area contributed by atoms with Crippen LogP contribution in [0, 0.1) is 0 Å². The normalized spacial score (nSPS) is 18.8. The van der Waals surface area contributed by atoms with E-state index in [0.717, 1.165) is 53.0 Å². The lowest BCUT2D eigenvalue weighted by Crippen LogP contribution is -2.29. The van der Waals surface area contributed by atoms with E-state index in [2.05, 4.69) is 27.5 Å². The zero-order chi connectivity index (χ0) is 22.0. The van der Waals surface area contributed by atoms with E-state index in [9.17, 15) is 9.90 Å². The van der Waals surface area contributed by atoms with Gasteiger partial charge in [-0.2, -0.15) is 0 Å². The number of aryl methyl sites for hydroxylation is 2. The number of aliphatic hydroxyl groups is 1. The number of carbonyl (C=O) groups excluding carboxylic acids is 1. The van der Waals surface area contributed by atoms with Crippen molar-refractivity contribution in [1.82, 2.24) is 15.0 Å². The maximum atomic E-state index is 12.1. The summed E-state index contributed by atoms with van der Waals surface area (Å²) in [6.45, 7) is 4.06. The van der Waals surface area contributed by atoms with Gasteiger partial charge in [-0.05, 0) is 56.7 Å². The predicted molar refractivity (Wildman–Crippen MR) is 124 cm³/mol. The van der Waals surface area contributed by atoms with Gasteiger partial charge in [0, 0.05) is 11.7 Å². The first kappa shape index (κ1) is 21.5. The monoisotopic (exact) mass is 440 g/mol. The van der Waals surface area contributed by atoms with E-state index >= 15 is 0 Å². The van der Waals surface area contributed by atoms with E-state index in [1.165, 1.54) is 0 Å². The summed E-state index contributed by atoms with van der Waals surface area (Å²) >= 11 is 1.65. The summed E-state index contributed by atoms with van der Waals surface area (Å²) in [5, 5.41) is 17.6. The summed E-state index contributed by atoms with van der Waals surface area (Å²) in [6.07, 6.45) is 4.57. The first-order valence-corrected chi connectivity index (χ1v) is 11.6. The Morgan fingerprint density at radius 1 is 1.13 bits per heavy atom. The van der Waals surface area contributed by atoms with E-state index in [1.54, 1.807) is 11.3 Å². The maximum Gasteiger partial charge on any atom is 0.271 e. The molecule has 1 fully saturated rings. The summed E-state index contributed by atoms with van der Waals surface area (Å²) in [5.74, 6) is 0.371. The fourth-order valence-electron chi connectivity index (χ4n) is 3.84. The summed E-state index contributed by atoms with van der Waals surface area (Å²) in [5.41, 5.74) is 8.20. The van der Waals surface area contributed by atoms with Gasteiger partial charge in [0.15, 0.2) is 11.5 Å². The second kappa shape index (κ2) is 9.15. The topological polar surface area (TPSA) is 126 Å². The lowest BCUT2D eigenvalue weighted by Gasteiger charge is -2.27. The van der Waals surface area contributed by atoms with Crippen molar-refractivity contribution in [3.05, 3.63) is 34.6 Å². The molecular formula is C22H28N6O2S. The number of thiazole rings is 1. The van der Waals surface area contributed by atoms with Crippen LogP contribution in [0.15, 0.2) is 18.2 Å². The number of nitrogens with zero attached hydrogens (tertiary/aromatic N) is 3. The van der Waals surface area contributed by atoms with Gasteiger partial charge in [-0.25, -0.2) is 15.0 Å². The van der Waals surface area contributed by atoms with Gasteiger partial charge in [0.05, 0.1) is 27.0 Å². The molecule has 3 aromatic rings. The Morgan fingerprint density at radius 2 is 1.90 bits per heavy atom. The molecule has 0 atom stereocenters. The van der Waals surface area contributed by atoms with Crippen LogP contribution in [0.3, 0.4) is 0 Å². The average molecular weight is 441 g/mol. The molecule has 1 aliphatic rings. The molecule has 31 heavy (non-hydrogen) atoms. The van der Waals surface area contributed by atoms with Crippen molar-refractivity contribution < 1.29 is 9.90 Å². The highest BCUT2D eigenvalue weighted by Crippen LogP contribution is 2.29. The molecule has 2 aromatic heterocycles. The van der Waals surface area contributed by atoms with Crippen molar-refractivity contribution in [3.63, 3.8) is 0 Å². The number of amides is 1. The molecule has 0 saturated heterocycles. The third-order valence-electron chi connectivity index (χ3n) is 5.57. The van der Waals surface area contributed by atoms with Crippen molar-refractivity contribution in [1.29, 1.82) is 0 Å². The van der Waals surface area contributed by atoms with Gasteiger partial charge in [-0.1, -0.05) is 13.8 Å². The lowest BCUT2D eigenvalue weighted by atomic mass is 9.93. The van der Waals surface area contributed by atoms with E-state index in [1.807, 2.05) is 25.1 Å². The Labute approximate surface area is 185 Å². The SMILES string of the molecule is CCc1nc2ccc(Nc3nc(NC4CCC(O)CC4)c(CC)nc3C(N)=O)cc2s1. The lowest BCUT2D eigenvalue weighted by molar-refractivity contribution is 0.0996. The van der Waals surface area contributed by atoms with Crippen LogP contribution in [0.5, 0.6) is 0 Å². The minimum absolute atomic E-state index is 0.125. The molecule has 2 heterocycles. The van der Waals surface area contributed by atoms with Gasteiger partial charge in [0.2, 0.25) is 0 Å². The molecule has 1 aliphatic carbocycles. The fraction of sp³-hybridized carbons (Fsp3) is 0.455. The quantitative estimate of drug-likeness (QED) is 0.440. The third-order valence-corrected chi connectivity index (χ3v) is 6.73. The van der Waals surface area contributed by atoms with Gasteiger partial charge in [0.1, 0.15) is 5.82 Å². The fourth-order valence-corrected chi connectivity index (χ4v) is 4.79. The first-order valence-electron chi connectivity index (χ1n) is 10.8. The number of hydrogen-bond acceptors (Lipinski definition) is 8. The number of fused-ring (bicyclic) bond motifs is 1. The summed E-state index contributed by atoms with van der Waals surface area (Å²) < 4.78 is 1.07. The molecule has 0 aliphatic heterocycles. The largest absolute Gasteiger partial charge is 0.393 e. The molecule has 0 radical (unpaired) electrons. The van der Waals surface area contributed by atoms with Crippen molar-refractivity contribution in [2.45, 2.75) is 64.5 Å². The first-order chi connectivity index (χ1) is 15.0. The number of anilines is 3. The Bertz CT molecular complexity index is 1090. The number of carbonyl (C=O) groups is 1. The van der Waals surface area contributed by atoms with Crippen LogP contribution < -0.4 is 16.4 Å². The maximum absolute atomic E-state index is 12.1. The molecule has 8 nitrogen and oxygen atoms in total. The summed E-state index contributed by atoms with van der Waals surface area (Å²) in [4.78, 5) is 25.9. The minimum Gasteiger partial charge on any atom is -0.393 e. The van der Waals surface area contributed by atoms with Gasteiger partial charge in [0.25, 0.3) is 5.91 Å². The Kier molecular flexibility index (Phi) is 6.33. The number of aliphatic hydroxyl groups excluding tert-OH is 1. The number of nitrogens with two attached hydrogens (primary N) is 1. The zero-order valence-electron chi connectivity index (χ0n) is 17.8. The standard InChI is InChI=1S/C22H28N6O2S/c1-3-15-21(24-12-5-8-14(29)9-6-12)28-22(19(27-15)20(23)30)25-13-7-10-16-17(11-13)31-18(4-2)26-16/h7,10-12,14,29H,3-6,8-9H2,1-2H3,(H2,23,30)(H2,24,25,28). The number of primary amides is 1. The van der Waals surface area contributed by atoms with Crippen molar-refractivity contribution in [2.24, 2.45) is 5.73 Å². The summed E-state index contributed by atoms with van der Waals surface area (Å²) in [7, 11) is 0. The molecular weight excluding hydrogens is 412 g/mol. The number of rotatable bonds is 7. The van der Waals surface area contributed by atoms with Crippen molar-refractivity contribution in [2.75, 3.05) is 10.6 Å². The van der Waals surface area contributed by atoms with Crippen LogP contribution in [-0.2, 0) is 12.8 Å². The number of nitrogens with one attached hydrogen (secondary N) is 2. The Morgan fingerprint density at radius 3 is 2.58 bits per heavy atom. The molecule has 0 spiro atoms. The van der Waals surface area contributed by atoms with Crippen molar-refractivity contribution in [3.8, 4) is 0 Å².